The van der Waals surface area contributed by atoms with E-state index in [0.29, 0.717) is 34.0 Å². The fourth-order valence-corrected chi connectivity index (χ4v) is 8.18. The molecule has 1 fully saturated rings. The third-order valence-corrected chi connectivity index (χ3v) is 11.7. The fourth-order valence-electron chi connectivity index (χ4n) is 7.16. The molecule has 0 spiro atoms. The molecular weight excluding hydrogens is 773 g/mol. The molecule has 6 atom stereocenters. The SMILES string of the molecule is CCCCCCCCCCCCCCCCCCOC[C@H](COP(=O)(O)OC[C@H]1O[C@@](C)(c2ccc3c(N)ncnn23)[C@H](O)[C@@H]1O)OCc1cc(Cl)cc(C#N)c1. The third kappa shape index (κ3) is 15.1. The van der Waals surface area contributed by atoms with Gasteiger partial charge in [0.05, 0.1) is 43.8 Å². The highest BCUT2D eigenvalue weighted by molar-refractivity contribution is 7.47. The molecule has 57 heavy (non-hydrogen) atoms. The summed E-state index contributed by atoms with van der Waals surface area (Å²) in [5.74, 6) is 0.221. The van der Waals surface area contributed by atoms with Crippen LogP contribution in [0.2, 0.25) is 5.02 Å². The maximum Gasteiger partial charge on any atom is 0.472 e. The Morgan fingerprint density at radius 3 is 2.23 bits per heavy atom. The molecule has 0 saturated carbocycles. The molecule has 3 aromatic rings. The van der Waals surface area contributed by atoms with Crippen LogP contribution in [0.25, 0.3) is 5.52 Å². The molecule has 1 unspecified atom stereocenters. The van der Waals surface area contributed by atoms with Gasteiger partial charge in [0.25, 0.3) is 0 Å². The predicted molar refractivity (Wildman–Crippen MR) is 218 cm³/mol. The number of nitriles is 1. The molecule has 4 rings (SSSR count). The van der Waals surface area contributed by atoms with Gasteiger partial charge in [-0.3, -0.25) is 9.05 Å². The van der Waals surface area contributed by atoms with Crippen LogP contribution in [0.4, 0.5) is 5.82 Å². The molecule has 1 aliphatic rings. The summed E-state index contributed by atoms with van der Waals surface area (Å²) in [6.45, 7) is 3.53. The summed E-state index contributed by atoms with van der Waals surface area (Å²) in [4.78, 5) is 14.6. The van der Waals surface area contributed by atoms with Gasteiger partial charge in [-0.15, -0.1) is 0 Å². The molecule has 0 bridgehead atoms. The van der Waals surface area contributed by atoms with E-state index < -0.39 is 44.4 Å². The lowest BCUT2D eigenvalue weighted by molar-refractivity contribution is -0.0901. The molecular formula is C41H63ClN5O9P. The minimum Gasteiger partial charge on any atom is -0.387 e. The summed E-state index contributed by atoms with van der Waals surface area (Å²) in [5, 5.41) is 35.8. The van der Waals surface area contributed by atoms with E-state index in [1.807, 2.05) is 0 Å². The summed E-state index contributed by atoms with van der Waals surface area (Å²) in [6, 6.07) is 10.2. The number of nitrogen functional groups attached to an aromatic ring is 1. The molecule has 1 aliphatic heterocycles. The van der Waals surface area contributed by atoms with Gasteiger partial charge >= 0.3 is 7.82 Å². The second kappa shape index (κ2) is 24.4. The van der Waals surface area contributed by atoms with Crippen LogP contribution in [-0.2, 0) is 40.0 Å². The number of aromatic nitrogens is 3. The largest absolute Gasteiger partial charge is 0.472 e. The van der Waals surface area contributed by atoms with Crippen molar-refractivity contribution in [2.75, 3.05) is 32.2 Å². The summed E-state index contributed by atoms with van der Waals surface area (Å²) in [6.07, 6.45) is 16.8. The van der Waals surface area contributed by atoms with E-state index in [2.05, 4.69) is 23.1 Å². The minimum absolute atomic E-state index is 0.0474. The van der Waals surface area contributed by atoms with Crippen molar-refractivity contribution >= 4 is 30.8 Å². The lowest BCUT2D eigenvalue weighted by atomic mass is 9.93. The number of phosphoric acid groups is 1. The van der Waals surface area contributed by atoms with Crippen molar-refractivity contribution in [2.45, 2.75) is 153 Å². The van der Waals surface area contributed by atoms with Gasteiger partial charge < -0.3 is 35.1 Å². The molecule has 3 heterocycles. The summed E-state index contributed by atoms with van der Waals surface area (Å²) in [5.41, 5.74) is 6.39. The first kappa shape index (κ1) is 47.0. The highest BCUT2D eigenvalue weighted by atomic mass is 35.5. The predicted octanol–water partition coefficient (Wildman–Crippen LogP) is 8.17. The standard InChI is InChI=1S/C41H63ClN5O9P/c1-3-4-5-6-7-8-9-10-11-12-13-14-15-16-17-18-21-52-27-34(53-26-32-22-31(25-43)23-33(42)24-32)28-54-57(50,51)55-29-36-38(48)39(49)41(2,56-36)37-20-19-35-40(44)45-30-46-47(35)37/h19-20,22-24,30,34,36,38-39,48-49H,3-18,21,26-29H2,1-2H3,(H,50,51)(H2,44,45,46)/t34-,36-,38-,39-,41+/m1/s1. The van der Waals surface area contributed by atoms with Gasteiger partial charge in [0.1, 0.15) is 41.9 Å². The van der Waals surface area contributed by atoms with E-state index >= 15 is 0 Å². The summed E-state index contributed by atoms with van der Waals surface area (Å²) >= 11 is 6.17. The van der Waals surface area contributed by atoms with Crippen molar-refractivity contribution in [3.05, 3.63) is 58.5 Å². The van der Waals surface area contributed by atoms with Crippen molar-refractivity contribution in [1.29, 1.82) is 5.26 Å². The Labute approximate surface area is 342 Å². The Morgan fingerprint density at radius 1 is 0.965 bits per heavy atom. The Balaban J connectivity index is 1.18. The summed E-state index contributed by atoms with van der Waals surface area (Å²) in [7, 11) is -4.70. The van der Waals surface area contributed by atoms with E-state index in [9.17, 15) is 24.9 Å². The molecule has 16 heteroatoms. The second-order valence-electron chi connectivity index (χ2n) is 15.2. The van der Waals surface area contributed by atoms with Crippen molar-refractivity contribution in [2.24, 2.45) is 0 Å². The van der Waals surface area contributed by atoms with Crippen LogP contribution < -0.4 is 5.73 Å². The molecule has 1 saturated heterocycles. The van der Waals surface area contributed by atoms with Crippen LogP contribution in [0.15, 0.2) is 36.7 Å². The van der Waals surface area contributed by atoms with Crippen LogP contribution in [0.3, 0.4) is 0 Å². The van der Waals surface area contributed by atoms with E-state index in [-0.39, 0.29) is 25.6 Å². The number of aliphatic hydroxyl groups excluding tert-OH is 2. The zero-order valence-corrected chi connectivity index (χ0v) is 35.3. The number of halogens is 1. The molecule has 0 aliphatic carbocycles. The van der Waals surface area contributed by atoms with E-state index in [0.717, 1.165) is 19.3 Å². The maximum absolute atomic E-state index is 13.0. The minimum atomic E-state index is -4.70. The molecule has 2 aromatic heterocycles. The number of nitrogens with two attached hydrogens (primary N) is 1. The lowest BCUT2D eigenvalue weighted by Gasteiger charge is -2.27. The van der Waals surface area contributed by atoms with Crippen LogP contribution in [0.5, 0.6) is 0 Å². The van der Waals surface area contributed by atoms with Gasteiger partial charge in [0, 0.05) is 11.6 Å². The Morgan fingerprint density at radius 2 is 1.60 bits per heavy atom. The van der Waals surface area contributed by atoms with Gasteiger partial charge in [-0.05, 0) is 49.2 Å². The van der Waals surface area contributed by atoms with Gasteiger partial charge in [-0.2, -0.15) is 10.4 Å². The highest BCUT2D eigenvalue weighted by Gasteiger charge is 2.54. The first-order chi connectivity index (χ1) is 27.5. The van der Waals surface area contributed by atoms with Gasteiger partial charge in [-0.1, -0.05) is 115 Å². The van der Waals surface area contributed by atoms with Crippen LogP contribution >= 0.6 is 19.4 Å². The number of rotatable bonds is 29. The normalized spacial score (nSPS) is 21.2. The monoisotopic (exact) mass is 835 g/mol. The lowest BCUT2D eigenvalue weighted by Crippen LogP contribution is -2.39. The number of ether oxygens (including phenoxy) is 3. The maximum atomic E-state index is 13.0. The molecule has 0 radical (unpaired) electrons. The Kier molecular flexibility index (Phi) is 20.1. The number of phosphoric ester groups is 1. The number of fused-ring (bicyclic) bond motifs is 1. The number of benzene rings is 1. The fraction of sp³-hybridized carbons (Fsp3) is 0.683. The first-order valence-corrected chi connectivity index (χ1v) is 22.5. The van der Waals surface area contributed by atoms with E-state index in [4.69, 9.17) is 40.6 Å². The Hall–Kier alpha value is -2.67. The Bertz CT molecular complexity index is 1730. The van der Waals surface area contributed by atoms with Crippen molar-refractivity contribution in [3.8, 4) is 6.07 Å². The van der Waals surface area contributed by atoms with Crippen molar-refractivity contribution in [3.63, 3.8) is 0 Å². The molecule has 0 amide bonds. The van der Waals surface area contributed by atoms with E-state index in [1.165, 1.54) is 94.3 Å². The number of hydrogen-bond acceptors (Lipinski definition) is 12. The number of nitrogens with zero attached hydrogens (tertiary/aromatic N) is 4. The van der Waals surface area contributed by atoms with Gasteiger partial charge in [0.2, 0.25) is 0 Å². The van der Waals surface area contributed by atoms with Gasteiger partial charge in [-0.25, -0.2) is 14.1 Å². The smallest absolute Gasteiger partial charge is 0.387 e. The van der Waals surface area contributed by atoms with Crippen LogP contribution in [0.1, 0.15) is 133 Å². The van der Waals surface area contributed by atoms with Crippen LogP contribution in [0, 0.1) is 11.3 Å². The second-order valence-corrected chi connectivity index (χ2v) is 17.1. The highest BCUT2D eigenvalue weighted by Crippen LogP contribution is 2.46. The quantitative estimate of drug-likeness (QED) is 0.0385. The first-order valence-electron chi connectivity index (χ1n) is 20.6. The van der Waals surface area contributed by atoms with E-state index in [1.54, 1.807) is 37.3 Å². The van der Waals surface area contributed by atoms with Crippen molar-refractivity contribution in [1.82, 2.24) is 14.6 Å². The average molecular weight is 836 g/mol. The molecule has 318 valence electrons. The zero-order chi connectivity index (χ0) is 41.1. The number of hydrogen-bond donors (Lipinski definition) is 4. The number of aliphatic hydroxyl groups is 2. The topological polar surface area (TPSA) is 204 Å². The van der Waals surface area contributed by atoms with Crippen molar-refractivity contribution < 1.29 is 42.9 Å². The summed E-state index contributed by atoms with van der Waals surface area (Å²) < 4.78 is 43.0. The molecule has 1 aromatic carbocycles. The number of unbranched alkanes of at least 4 members (excludes halogenated alkanes) is 15. The average Bonchev–Trinajstić information content (AvgIpc) is 3.73. The zero-order valence-electron chi connectivity index (χ0n) is 33.6. The number of anilines is 1. The third-order valence-electron chi connectivity index (χ3n) is 10.5. The van der Waals surface area contributed by atoms with Gasteiger partial charge in [0.15, 0.2) is 5.82 Å². The molecule has 5 N–H and O–H groups in total. The van der Waals surface area contributed by atoms with Crippen LogP contribution in [-0.4, -0.2) is 80.5 Å². The molecule has 14 nitrogen and oxygen atoms in total.